The lowest BCUT2D eigenvalue weighted by Crippen LogP contribution is -2.37. The van der Waals surface area contributed by atoms with E-state index in [-0.39, 0.29) is 23.6 Å². The number of likely N-dealkylation sites (tertiary alicyclic amines) is 1. The van der Waals surface area contributed by atoms with Crippen molar-refractivity contribution < 1.29 is 14.3 Å². The van der Waals surface area contributed by atoms with Gasteiger partial charge < -0.3 is 15.3 Å². The quantitative estimate of drug-likeness (QED) is 0.593. The number of carbonyl (C=O) groups is 1. The first-order valence-electron chi connectivity index (χ1n) is 7.69. The Labute approximate surface area is 135 Å². The Bertz CT molecular complexity index is 479. The lowest BCUT2D eigenvalue weighted by atomic mass is 10.1. The van der Waals surface area contributed by atoms with Gasteiger partial charge in [-0.3, -0.25) is 4.79 Å². The molecular weight excluding hydrogens is 303 g/mol. The maximum atomic E-state index is 13.4. The van der Waals surface area contributed by atoms with Crippen molar-refractivity contribution in [3.05, 3.63) is 30.1 Å². The van der Waals surface area contributed by atoms with Gasteiger partial charge in [-0.05, 0) is 37.9 Å². The average Bonchev–Trinajstić information content (AvgIpc) is 2.52. The second-order valence-electron chi connectivity index (χ2n) is 5.50. The van der Waals surface area contributed by atoms with Gasteiger partial charge >= 0.3 is 0 Å². The Morgan fingerprint density at radius 1 is 1.36 bits per heavy atom. The molecule has 0 radical (unpaired) electrons. The fraction of sp³-hybridized carbons (Fsp3) is 0.562. The Hall–Kier alpha value is -1.11. The Morgan fingerprint density at radius 2 is 2.09 bits per heavy atom. The van der Waals surface area contributed by atoms with E-state index < -0.39 is 0 Å². The first kappa shape index (κ1) is 17.2. The van der Waals surface area contributed by atoms with Gasteiger partial charge in [-0.25, -0.2) is 4.39 Å². The van der Waals surface area contributed by atoms with Crippen LogP contribution in [-0.2, 0) is 4.79 Å². The van der Waals surface area contributed by atoms with Gasteiger partial charge in [-0.15, -0.1) is 11.8 Å². The van der Waals surface area contributed by atoms with Gasteiger partial charge in [0.05, 0.1) is 11.9 Å². The van der Waals surface area contributed by atoms with Crippen LogP contribution in [0.1, 0.15) is 19.3 Å². The van der Waals surface area contributed by atoms with E-state index in [1.807, 2.05) is 0 Å². The highest BCUT2D eigenvalue weighted by molar-refractivity contribution is 8.00. The van der Waals surface area contributed by atoms with Crippen molar-refractivity contribution >= 4 is 17.7 Å². The van der Waals surface area contributed by atoms with Crippen LogP contribution in [-0.4, -0.2) is 53.9 Å². The molecule has 122 valence electrons. The number of hydrogen-bond donors (Lipinski definition) is 2. The molecule has 0 atom stereocenters. The van der Waals surface area contributed by atoms with Gasteiger partial charge in [0.2, 0.25) is 5.91 Å². The van der Waals surface area contributed by atoms with Gasteiger partial charge in [0.15, 0.2) is 0 Å². The molecule has 1 saturated heterocycles. The second kappa shape index (κ2) is 9.12. The summed E-state index contributed by atoms with van der Waals surface area (Å²) in [6.45, 7) is 3.43. The minimum Gasteiger partial charge on any atom is -0.393 e. The maximum absolute atomic E-state index is 13.4. The predicted octanol–water partition coefficient (Wildman–Crippen LogP) is 1.88. The Morgan fingerprint density at radius 3 is 2.82 bits per heavy atom. The highest BCUT2D eigenvalue weighted by Crippen LogP contribution is 2.20. The Balaban J connectivity index is 1.55. The van der Waals surface area contributed by atoms with Crippen molar-refractivity contribution in [2.75, 3.05) is 31.9 Å². The first-order chi connectivity index (χ1) is 10.6. The number of amides is 1. The van der Waals surface area contributed by atoms with Crippen molar-refractivity contribution in [1.82, 2.24) is 10.2 Å². The van der Waals surface area contributed by atoms with Crippen LogP contribution in [0.15, 0.2) is 29.2 Å². The number of benzene rings is 1. The molecule has 1 aromatic rings. The van der Waals surface area contributed by atoms with Gasteiger partial charge in [-0.2, -0.15) is 0 Å². The average molecular weight is 326 g/mol. The zero-order chi connectivity index (χ0) is 15.8. The van der Waals surface area contributed by atoms with E-state index in [2.05, 4.69) is 10.2 Å². The van der Waals surface area contributed by atoms with E-state index in [1.165, 1.54) is 17.8 Å². The molecule has 1 aliphatic rings. The third-order valence-electron chi connectivity index (χ3n) is 3.73. The number of rotatable bonds is 7. The standard InChI is InChI=1S/C16H23FN2O2S/c17-14-4-1-2-5-15(14)22-12-16(21)18-8-3-9-19-10-6-13(20)7-11-19/h1-2,4-5,13,20H,3,6-12H2,(H,18,21). The smallest absolute Gasteiger partial charge is 0.230 e. The highest BCUT2D eigenvalue weighted by Gasteiger charge is 2.16. The van der Waals surface area contributed by atoms with Crippen LogP contribution in [0.2, 0.25) is 0 Å². The molecule has 0 saturated carbocycles. The largest absolute Gasteiger partial charge is 0.393 e. The number of aliphatic hydroxyl groups is 1. The zero-order valence-electron chi connectivity index (χ0n) is 12.6. The first-order valence-corrected chi connectivity index (χ1v) is 8.68. The molecule has 2 N–H and O–H groups in total. The van der Waals surface area contributed by atoms with E-state index in [0.29, 0.717) is 11.4 Å². The third-order valence-corrected chi connectivity index (χ3v) is 4.77. The second-order valence-corrected chi connectivity index (χ2v) is 6.51. The number of carbonyl (C=O) groups excluding carboxylic acids is 1. The van der Waals surface area contributed by atoms with Gasteiger partial charge in [-0.1, -0.05) is 12.1 Å². The predicted molar refractivity (Wildman–Crippen MR) is 86.4 cm³/mol. The molecule has 6 heteroatoms. The van der Waals surface area contributed by atoms with Gasteiger partial charge in [0, 0.05) is 24.5 Å². The van der Waals surface area contributed by atoms with Crippen LogP contribution in [0.4, 0.5) is 4.39 Å². The van der Waals surface area contributed by atoms with Crippen LogP contribution >= 0.6 is 11.8 Å². The lowest BCUT2D eigenvalue weighted by Gasteiger charge is -2.29. The van der Waals surface area contributed by atoms with E-state index in [4.69, 9.17) is 0 Å². The topological polar surface area (TPSA) is 52.6 Å². The minimum absolute atomic E-state index is 0.0673. The zero-order valence-corrected chi connectivity index (χ0v) is 13.4. The van der Waals surface area contributed by atoms with Crippen molar-refractivity contribution in [3.63, 3.8) is 0 Å². The number of halogens is 1. The third kappa shape index (κ3) is 5.94. The van der Waals surface area contributed by atoms with Crippen molar-refractivity contribution in [2.45, 2.75) is 30.3 Å². The molecular formula is C16H23FN2O2S. The van der Waals surface area contributed by atoms with Crippen LogP contribution in [0.25, 0.3) is 0 Å². The normalized spacial score (nSPS) is 16.6. The summed E-state index contributed by atoms with van der Waals surface area (Å²) in [6, 6.07) is 6.48. The molecule has 1 heterocycles. The van der Waals surface area contributed by atoms with E-state index in [1.54, 1.807) is 18.2 Å². The number of piperidine rings is 1. The summed E-state index contributed by atoms with van der Waals surface area (Å²) >= 11 is 1.22. The number of nitrogens with zero attached hydrogens (tertiary/aromatic N) is 1. The lowest BCUT2D eigenvalue weighted by molar-refractivity contribution is -0.118. The monoisotopic (exact) mass is 326 g/mol. The highest BCUT2D eigenvalue weighted by atomic mass is 32.2. The molecule has 2 rings (SSSR count). The van der Waals surface area contributed by atoms with Crippen LogP contribution in [0.5, 0.6) is 0 Å². The number of hydrogen-bond acceptors (Lipinski definition) is 4. The number of aliphatic hydroxyl groups excluding tert-OH is 1. The SMILES string of the molecule is O=C(CSc1ccccc1F)NCCCN1CCC(O)CC1. The molecule has 0 unspecified atom stereocenters. The summed E-state index contributed by atoms with van der Waals surface area (Å²) in [7, 11) is 0. The molecule has 1 aliphatic heterocycles. The minimum atomic E-state index is -0.285. The molecule has 1 aromatic carbocycles. The molecule has 22 heavy (non-hydrogen) atoms. The summed E-state index contributed by atoms with van der Waals surface area (Å²) < 4.78 is 13.4. The molecule has 0 bridgehead atoms. The molecule has 1 fully saturated rings. The fourth-order valence-electron chi connectivity index (χ4n) is 2.43. The summed E-state index contributed by atoms with van der Waals surface area (Å²) in [4.78, 5) is 14.5. The van der Waals surface area contributed by atoms with E-state index in [9.17, 15) is 14.3 Å². The summed E-state index contributed by atoms with van der Waals surface area (Å²) in [6.07, 6.45) is 2.43. The Kier molecular flexibility index (Phi) is 7.15. The van der Waals surface area contributed by atoms with E-state index >= 15 is 0 Å². The van der Waals surface area contributed by atoms with Gasteiger partial charge in [0.1, 0.15) is 5.82 Å². The van der Waals surface area contributed by atoms with Crippen LogP contribution in [0.3, 0.4) is 0 Å². The van der Waals surface area contributed by atoms with Crippen LogP contribution in [0, 0.1) is 5.82 Å². The summed E-state index contributed by atoms with van der Waals surface area (Å²) in [5.41, 5.74) is 0. The van der Waals surface area contributed by atoms with E-state index in [0.717, 1.165) is 38.9 Å². The number of thioether (sulfide) groups is 1. The molecule has 0 spiro atoms. The summed E-state index contributed by atoms with van der Waals surface area (Å²) in [5, 5.41) is 12.3. The van der Waals surface area contributed by atoms with Crippen molar-refractivity contribution in [1.29, 1.82) is 0 Å². The fourth-order valence-corrected chi connectivity index (χ4v) is 3.20. The van der Waals surface area contributed by atoms with Crippen LogP contribution < -0.4 is 5.32 Å². The van der Waals surface area contributed by atoms with Crippen molar-refractivity contribution in [3.8, 4) is 0 Å². The molecule has 0 aliphatic carbocycles. The maximum Gasteiger partial charge on any atom is 0.230 e. The van der Waals surface area contributed by atoms with Gasteiger partial charge in [0.25, 0.3) is 0 Å². The molecule has 0 aromatic heterocycles. The number of nitrogens with one attached hydrogen (secondary N) is 1. The summed E-state index contributed by atoms with van der Waals surface area (Å²) in [5.74, 6) is -0.119. The molecule has 1 amide bonds. The van der Waals surface area contributed by atoms with Crippen molar-refractivity contribution in [2.24, 2.45) is 0 Å². The molecule has 4 nitrogen and oxygen atoms in total.